The van der Waals surface area contributed by atoms with E-state index in [2.05, 4.69) is 11.4 Å². The molecule has 58 valence electrons. The Bertz CT molecular complexity index is 106. The van der Waals surface area contributed by atoms with Gasteiger partial charge in [0.2, 0.25) is 0 Å². The molecule has 0 aromatic carbocycles. The van der Waals surface area contributed by atoms with E-state index in [1.54, 1.807) is 0 Å². The van der Waals surface area contributed by atoms with Crippen LogP contribution in [0.4, 0.5) is 0 Å². The van der Waals surface area contributed by atoms with Crippen molar-refractivity contribution in [3.05, 3.63) is 0 Å². The van der Waals surface area contributed by atoms with Gasteiger partial charge in [-0.1, -0.05) is 0 Å². The molecule has 0 rings (SSSR count). The van der Waals surface area contributed by atoms with Crippen molar-refractivity contribution >= 4 is 0 Å². The highest BCUT2D eigenvalue weighted by molar-refractivity contribution is 4.79. The summed E-state index contributed by atoms with van der Waals surface area (Å²) in [6.07, 6.45) is 0.984. The molecular weight excluding hydrogens is 126 g/mol. The lowest BCUT2D eigenvalue weighted by atomic mass is 10.2. The molecule has 1 atom stereocenters. The Morgan fingerprint density at radius 3 is 2.90 bits per heavy atom. The van der Waals surface area contributed by atoms with Gasteiger partial charge in [-0.15, -0.1) is 0 Å². The van der Waals surface area contributed by atoms with E-state index in [1.165, 1.54) is 0 Å². The summed E-state index contributed by atoms with van der Waals surface area (Å²) < 4.78 is 0. The molecule has 0 aliphatic heterocycles. The smallest absolute Gasteiger partial charge is 0.0666 e. The molecule has 0 fully saturated rings. The largest absolute Gasteiger partial charge is 0.330 e. The molecule has 0 aromatic rings. The summed E-state index contributed by atoms with van der Waals surface area (Å²) in [4.78, 5) is 0. The summed E-state index contributed by atoms with van der Waals surface area (Å²) in [7, 11) is 0. The van der Waals surface area contributed by atoms with E-state index in [1.807, 2.05) is 6.92 Å². The fourth-order valence-electron chi connectivity index (χ4n) is 0.591. The molecule has 0 saturated heterocycles. The van der Waals surface area contributed by atoms with Crippen molar-refractivity contribution in [3.8, 4) is 6.07 Å². The van der Waals surface area contributed by atoms with Crippen molar-refractivity contribution in [1.29, 1.82) is 5.26 Å². The third-order valence-electron chi connectivity index (χ3n) is 1.23. The highest BCUT2D eigenvalue weighted by Gasteiger charge is 1.95. The molecule has 3 heteroatoms. The number of nitriles is 1. The van der Waals surface area contributed by atoms with Gasteiger partial charge in [-0.3, -0.25) is 0 Å². The summed E-state index contributed by atoms with van der Waals surface area (Å²) in [5.41, 5.74) is 5.27. The highest BCUT2D eigenvalue weighted by atomic mass is 14.9. The number of hydrogen-bond donors (Lipinski definition) is 2. The standard InChI is InChI=1S/C7H15N3/c1-7(5-9)6-10-4-2-3-8/h7,10H,2-4,6,8H2,1H3. The Hall–Kier alpha value is -0.590. The highest BCUT2D eigenvalue weighted by Crippen LogP contribution is 1.86. The van der Waals surface area contributed by atoms with Gasteiger partial charge < -0.3 is 11.1 Å². The van der Waals surface area contributed by atoms with Crippen LogP contribution < -0.4 is 11.1 Å². The van der Waals surface area contributed by atoms with Crippen LogP contribution in [-0.4, -0.2) is 19.6 Å². The van der Waals surface area contributed by atoms with Gasteiger partial charge in [0.1, 0.15) is 0 Å². The predicted molar refractivity (Wildman–Crippen MR) is 41.3 cm³/mol. The van der Waals surface area contributed by atoms with Crippen molar-refractivity contribution in [1.82, 2.24) is 5.32 Å². The lowest BCUT2D eigenvalue weighted by Gasteiger charge is -2.03. The van der Waals surface area contributed by atoms with E-state index in [4.69, 9.17) is 11.0 Å². The Morgan fingerprint density at radius 1 is 1.70 bits per heavy atom. The summed E-state index contributed by atoms with van der Waals surface area (Å²) in [6.45, 7) is 4.31. The second-order valence-electron chi connectivity index (χ2n) is 2.38. The molecule has 0 saturated carbocycles. The van der Waals surface area contributed by atoms with E-state index < -0.39 is 0 Å². The zero-order chi connectivity index (χ0) is 7.82. The first-order valence-electron chi connectivity index (χ1n) is 3.61. The lowest BCUT2D eigenvalue weighted by molar-refractivity contribution is 0.588. The van der Waals surface area contributed by atoms with Crippen molar-refractivity contribution in [2.45, 2.75) is 13.3 Å². The Kier molecular flexibility index (Phi) is 6.14. The van der Waals surface area contributed by atoms with Gasteiger partial charge in [-0.25, -0.2) is 0 Å². The second-order valence-corrected chi connectivity index (χ2v) is 2.38. The summed E-state index contributed by atoms with van der Waals surface area (Å²) in [5, 5.41) is 11.5. The Balaban J connectivity index is 2.98. The maximum atomic E-state index is 8.38. The number of hydrogen-bond acceptors (Lipinski definition) is 3. The van der Waals surface area contributed by atoms with E-state index >= 15 is 0 Å². The zero-order valence-electron chi connectivity index (χ0n) is 6.43. The van der Waals surface area contributed by atoms with Crippen LogP contribution in [0.3, 0.4) is 0 Å². The molecule has 3 N–H and O–H groups in total. The van der Waals surface area contributed by atoms with Crippen LogP contribution >= 0.6 is 0 Å². The van der Waals surface area contributed by atoms with Gasteiger partial charge in [-0.05, 0) is 26.4 Å². The van der Waals surface area contributed by atoms with Gasteiger partial charge in [0.25, 0.3) is 0 Å². The molecule has 0 aliphatic carbocycles. The third-order valence-corrected chi connectivity index (χ3v) is 1.23. The van der Waals surface area contributed by atoms with E-state index in [0.717, 1.165) is 19.5 Å². The van der Waals surface area contributed by atoms with Crippen LogP contribution in [0.1, 0.15) is 13.3 Å². The van der Waals surface area contributed by atoms with Crippen LogP contribution in [0.25, 0.3) is 0 Å². The fourth-order valence-corrected chi connectivity index (χ4v) is 0.591. The first kappa shape index (κ1) is 9.41. The first-order chi connectivity index (χ1) is 4.81. The Morgan fingerprint density at radius 2 is 2.40 bits per heavy atom. The monoisotopic (exact) mass is 141 g/mol. The predicted octanol–water partition coefficient (Wildman–Crippen LogP) is 0.0845. The SMILES string of the molecule is CC(C#N)CNCCCN. The molecule has 0 radical (unpaired) electrons. The lowest BCUT2D eigenvalue weighted by Crippen LogP contribution is -2.23. The average Bonchev–Trinajstić information content (AvgIpc) is 1.98. The molecule has 0 spiro atoms. The molecule has 0 amide bonds. The number of rotatable bonds is 5. The van der Waals surface area contributed by atoms with E-state index in [9.17, 15) is 0 Å². The molecule has 0 heterocycles. The van der Waals surface area contributed by atoms with Crippen LogP contribution in [0.5, 0.6) is 0 Å². The Labute approximate surface area is 62.2 Å². The summed E-state index contributed by atoms with van der Waals surface area (Å²) in [6, 6.07) is 2.15. The van der Waals surface area contributed by atoms with Gasteiger partial charge in [0, 0.05) is 6.54 Å². The van der Waals surface area contributed by atoms with Gasteiger partial charge in [0.05, 0.1) is 12.0 Å². The molecule has 10 heavy (non-hydrogen) atoms. The zero-order valence-corrected chi connectivity index (χ0v) is 6.43. The van der Waals surface area contributed by atoms with Crippen molar-refractivity contribution in [2.75, 3.05) is 19.6 Å². The van der Waals surface area contributed by atoms with Crippen LogP contribution in [0, 0.1) is 17.2 Å². The van der Waals surface area contributed by atoms with Gasteiger partial charge in [-0.2, -0.15) is 5.26 Å². The van der Waals surface area contributed by atoms with Crippen LogP contribution in [-0.2, 0) is 0 Å². The quantitative estimate of drug-likeness (QED) is 0.533. The number of nitrogens with zero attached hydrogens (tertiary/aromatic N) is 1. The maximum absolute atomic E-state index is 8.38. The molecule has 0 aromatic heterocycles. The normalized spacial score (nSPS) is 12.5. The van der Waals surface area contributed by atoms with E-state index in [0.29, 0.717) is 6.54 Å². The van der Waals surface area contributed by atoms with Crippen LogP contribution in [0.15, 0.2) is 0 Å². The third kappa shape index (κ3) is 5.54. The maximum Gasteiger partial charge on any atom is 0.0666 e. The van der Waals surface area contributed by atoms with Crippen molar-refractivity contribution in [2.24, 2.45) is 11.7 Å². The summed E-state index contributed by atoms with van der Waals surface area (Å²) >= 11 is 0. The van der Waals surface area contributed by atoms with Gasteiger partial charge >= 0.3 is 0 Å². The number of nitrogens with two attached hydrogens (primary N) is 1. The molecule has 0 aliphatic rings. The summed E-state index contributed by atoms with van der Waals surface area (Å²) in [5.74, 6) is 0.109. The van der Waals surface area contributed by atoms with Crippen LogP contribution in [0.2, 0.25) is 0 Å². The molecule has 3 nitrogen and oxygen atoms in total. The van der Waals surface area contributed by atoms with Gasteiger partial charge in [0.15, 0.2) is 0 Å². The molecule has 0 bridgehead atoms. The topological polar surface area (TPSA) is 61.8 Å². The minimum absolute atomic E-state index is 0.109. The minimum Gasteiger partial charge on any atom is -0.330 e. The average molecular weight is 141 g/mol. The first-order valence-corrected chi connectivity index (χ1v) is 3.61. The second kappa shape index (κ2) is 6.53. The van der Waals surface area contributed by atoms with Crippen molar-refractivity contribution < 1.29 is 0 Å². The van der Waals surface area contributed by atoms with Crippen molar-refractivity contribution in [3.63, 3.8) is 0 Å². The minimum atomic E-state index is 0.109. The van der Waals surface area contributed by atoms with E-state index in [-0.39, 0.29) is 5.92 Å². The molecule has 1 unspecified atom stereocenters. The fraction of sp³-hybridized carbons (Fsp3) is 0.857. The molecular formula is C7H15N3. The number of nitrogens with one attached hydrogen (secondary N) is 1.